The van der Waals surface area contributed by atoms with Crippen molar-refractivity contribution in [3.63, 3.8) is 0 Å². The van der Waals surface area contributed by atoms with Gasteiger partial charge in [0.2, 0.25) is 0 Å². The van der Waals surface area contributed by atoms with Gasteiger partial charge in [0.1, 0.15) is 5.56 Å². The summed E-state index contributed by atoms with van der Waals surface area (Å²) in [6.45, 7) is 3.69. The molecular formula is C14H15N3O3. The molecule has 0 spiro atoms. The fourth-order valence-corrected chi connectivity index (χ4v) is 1.59. The lowest BCUT2D eigenvalue weighted by molar-refractivity contribution is 0.0526. The Morgan fingerprint density at radius 1 is 1.45 bits per heavy atom. The average molecular weight is 273 g/mol. The van der Waals surface area contributed by atoms with E-state index < -0.39 is 5.97 Å². The Balaban J connectivity index is 2.10. The number of benzene rings is 1. The van der Waals surface area contributed by atoms with Crippen molar-refractivity contribution in [3.8, 4) is 0 Å². The van der Waals surface area contributed by atoms with E-state index in [1.54, 1.807) is 20.1 Å². The van der Waals surface area contributed by atoms with Crippen molar-refractivity contribution in [2.75, 3.05) is 12.0 Å². The molecule has 104 valence electrons. The van der Waals surface area contributed by atoms with E-state index in [4.69, 9.17) is 9.26 Å². The Morgan fingerprint density at radius 3 is 2.90 bits per heavy atom. The zero-order valence-electron chi connectivity index (χ0n) is 11.3. The molecule has 0 aliphatic carbocycles. The lowest BCUT2D eigenvalue weighted by Gasteiger charge is -2.01. The van der Waals surface area contributed by atoms with E-state index in [0.29, 0.717) is 5.69 Å². The first-order valence-corrected chi connectivity index (χ1v) is 6.20. The number of hydrogen-bond donors (Lipinski definition) is 1. The first-order chi connectivity index (χ1) is 9.72. The number of carbonyl (C=O) groups excluding carboxylic acids is 1. The van der Waals surface area contributed by atoms with E-state index in [1.165, 1.54) is 0 Å². The van der Waals surface area contributed by atoms with Crippen LogP contribution in [0.2, 0.25) is 0 Å². The average Bonchev–Trinajstić information content (AvgIpc) is 2.81. The van der Waals surface area contributed by atoms with E-state index in [9.17, 15) is 4.79 Å². The Bertz CT molecular complexity index is 605. The summed E-state index contributed by atoms with van der Waals surface area (Å²) in [7, 11) is 0. The molecular weight excluding hydrogens is 258 g/mol. The highest BCUT2D eigenvalue weighted by molar-refractivity contribution is 5.95. The number of nitrogens with one attached hydrogen (secondary N) is 1. The van der Waals surface area contributed by atoms with Gasteiger partial charge in [0.25, 0.3) is 5.88 Å². The fourth-order valence-electron chi connectivity index (χ4n) is 1.59. The molecule has 1 N–H and O–H groups in total. The number of nitrogens with zero attached hydrogens (tertiary/aromatic N) is 2. The normalized spacial score (nSPS) is 10.7. The minimum atomic E-state index is -0.483. The molecule has 0 saturated carbocycles. The third-order valence-electron chi connectivity index (χ3n) is 2.52. The smallest absolute Gasteiger partial charge is 0.345 e. The number of hydrazone groups is 1. The molecule has 0 radical (unpaired) electrons. The van der Waals surface area contributed by atoms with E-state index in [-0.39, 0.29) is 18.1 Å². The first kappa shape index (κ1) is 13.8. The van der Waals surface area contributed by atoms with Crippen LogP contribution in [0.5, 0.6) is 0 Å². The SMILES string of the molecule is CCOC(=O)c1c(C)noc1N/N=C/c1ccccc1. The molecule has 0 aliphatic heterocycles. The highest BCUT2D eigenvalue weighted by atomic mass is 16.5. The van der Waals surface area contributed by atoms with E-state index in [0.717, 1.165) is 5.56 Å². The van der Waals surface area contributed by atoms with E-state index in [1.807, 2.05) is 30.3 Å². The van der Waals surface area contributed by atoms with Crippen LogP contribution in [0.4, 0.5) is 5.88 Å². The van der Waals surface area contributed by atoms with Crippen LogP contribution in [0.1, 0.15) is 28.5 Å². The summed E-state index contributed by atoms with van der Waals surface area (Å²) in [5.74, 6) is -0.309. The Morgan fingerprint density at radius 2 is 2.20 bits per heavy atom. The molecule has 2 rings (SSSR count). The van der Waals surface area contributed by atoms with Crippen LogP contribution in [0, 0.1) is 6.92 Å². The second kappa shape index (κ2) is 6.51. The van der Waals surface area contributed by atoms with Gasteiger partial charge in [0.05, 0.1) is 18.5 Å². The van der Waals surface area contributed by atoms with Crippen LogP contribution in [-0.2, 0) is 4.74 Å². The number of carbonyl (C=O) groups is 1. The Hall–Kier alpha value is -2.63. The number of rotatable bonds is 5. The molecule has 0 aliphatic rings. The number of aromatic nitrogens is 1. The Labute approximate surface area is 116 Å². The van der Waals surface area contributed by atoms with Gasteiger partial charge in [-0.1, -0.05) is 35.5 Å². The second-order valence-electron chi connectivity index (χ2n) is 3.97. The molecule has 1 aromatic carbocycles. The largest absolute Gasteiger partial charge is 0.462 e. The quantitative estimate of drug-likeness (QED) is 0.514. The molecule has 0 fully saturated rings. The van der Waals surface area contributed by atoms with Gasteiger partial charge in [-0.3, -0.25) is 0 Å². The zero-order chi connectivity index (χ0) is 14.4. The summed E-state index contributed by atoms with van der Waals surface area (Å²) in [5, 5.41) is 7.75. The second-order valence-corrected chi connectivity index (χ2v) is 3.97. The third-order valence-corrected chi connectivity index (χ3v) is 2.52. The molecule has 2 aromatic rings. The van der Waals surface area contributed by atoms with Crippen LogP contribution in [-0.4, -0.2) is 23.9 Å². The minimum absolute atomic E-state index is 0.174. The van der Waals surface area contributed by atoms with Crippen molar-refractivity contribution < 1.29 is 14.1 Å². The van der Waals surface area contributed by atoms with Crippen molar-refractivity contribution in [2.24, 2.45) is 5.10 Å². The van der Waals surface area contributed by atoms with E-state index >= 15 is 0 Å². The van der Waals surface area contributed by atoms with Crippen molar-refractivity contribution >= 4 is 18.1 Å². The standard InChI is InChI=1S/C14H15N3O3/c1-3-19-14(18)12-10(2)17-20-13(12)16-15-9-11-7-5-4-6-8-11/h4-9,16H,3H2,1-2H3/b15-9+. The van der Waals surface area contributed by atoms with Gasteiger partial charge in [-0.15, -0.1) is 0 Å². The molecule has 0 atom stereocenters. The predicted octanol–water partition coefficient (Wildman–Crippen LogP) is 2.61. The molecule has 1 heterocycles. The lowest BCUT2D eigenvalue weighted by atomic mass is 10.2. The molecule has 6 nitrogen and oxygen atoms in total. The first-order valence-electron chi connectivity index (χ1n) is 6.20. The van der Waals surface area contributed by atoms with Gasteiger partial charge in [0, 0.05) is 0 Å². The minimum Gasteiger partial charge on any atom is -0.462 e. The molecule has 20 heavy (non-hydrogen) atoms. The topological polar surface area (TPSA) is 76.7 Å². The lowest BCUT2D eigenvalue weighted by Crippen LogP contribution is -2.07. The number of hydrogen-bond acceptors (Lipinski definition) is 6. The maximum atomic E-state index is 11.8. The number of esters is 1. The molecule has 0 bridgehead atoms. The third kappa shape index (κ3) is 3.23. The molecule has 0 unspecified atom stereocenters. The van der Waals surface area contributed by atoms with Gasteiger partial charge in [-0.05, 0) is 19.4 Å². The molecule has 6 heteroatoms. The fraction of sp³-hybridized carbons (Fsp3) is 0.214. The maximum absolute atomic E-state index is 11.8. The summed E-state index contributed by atoms with van der Waals surface area (Å²) in [5.41, 5.74) is 4.31. The van der Waals surface area contributed by atoms with Gasteiger partial charge >= 0.3 is 5.97 Å². The number of ether oxygens (including phenoxy) is 1. The zero-order valence-corrected chi connectivity index (χ0v) is 11.3. The molecule has 0 saturated heterocycles. The highest BCUT2D eigenvalue weighted by Crippen LogP contribution is 2.20. The summed E-state index contributed by atoms with van der Waals surface area (Å²) in [6.07, 6.45) is 1.62. The van der Waals surface area contributed by atoms with Crippen molar-refractivity contribution in [3.05, 3.63) is 47.2 Å². The predicted molar refractivity (Wildman–Crippen MR) is 74.9 cm³/mol. The van der Waals surface area contributed by atoms with E-state index in [2.05, 4.69) is 15.7 Å². The maximum Gasteiger partial charge on any atom is 0.345 e. The van der Waals surface area contributed by atoms with Gasteiger partial charge in [-0.2, -0.15) is 5.10 Å². The summed E-state index contributed by atoms with van der Waals surface area (Å²) >= 11 is 0. The van der Waals surface area contributed by atoms with Crippen molar-refractivity contribution in [1.29, 1.82) is 0 Å². The Kier molecular flexibility index (Phi) is 4.49. The summed E-state index contributed by atoms with van der Waals surface area (Å²) in [4.78, 5) is 11.8. The van der Waals surface area contributed by atoms with Crippen LogP contribution in [0.25, 0.3) is 0 Å². The number of aryl methyl sites for hydroxylation is 1. The molecule has 1 aromatic heterocycles. The van der Waals surface area contributed by atoms with Gasteiger partial charge in [-0.25, -0.2) is 10.2 Å². The number of anilines is 1. The van der Waals surface area contributed by atoms with Gasteiger partial charge in [0.15, 0.2) is 0 Å². The molecule has 0 amide bonds. The van der Waals surface area contributed by atoms with Crippen LogP contribution in [0.3, 0.4) is 0 Å². The van der Waals surface area contributed by atoms with Crippen LogP contribution in [0.15, 0.2) is 40.0 Å². The monoisotopic (exact) mass is 273 g/mol. The summed E-state index contributed by atoms with van der Waals surface area (Å²) in [6, 6.07) is 9.55. The summed E-state index contributed by atoms with van der Waals surface area (Å²) < 4.78 is 9.97. The van der Waals surface area contributed by atoms with Crippen molar-refractivity contribution in [1.82, 2.24) is 5.16 Å². The van der Waals surface area contributed by atoms with Crippen LogP contribution < -0.4 is 5.43 Å². The highest BCUT2D eigenvalue weighted by Gasteiger charge is 2.21. The van der Waals surface area contributed by atoms with Crippen molar-refractivity contribution in [2.45, 2.75) is 13.8 Å². The van der Waals surface area contributed by atoms with Crippen LogP contribution >= 0.6 is 0 Å². The van der Waals surface area contributed by atoms with Gasteiger partial charge < -0.3 is 9.26 Å².